The third-order valence-corrected chi connectivity index (χ3v) is 27.2. The Morgan fingerprint density at radius 2 is 0.890 bits per heavy atom. The molecule has 674 valence electrons. The lowest BCUT2D eigenvalue weighted by atomic mass is 10.1. The monoisotopic (exact) mass is 1880 g/mol. The second-order valence-electron chi connectivity index (χ2n) is 30.0. The van der Waals surface area contributed by atoms with E-state index in [1.807, 2.05) is 28.3 Å². The van der Waals surface area contributed by atoms with Crippen LogP contribution in [-0.2, 0) is 86.5 Å². The van der Waals surface area contributed by atoms with Crippen molar-refractivity contribution in [1.82, 2.24) is 24.6 Å². The number of aromatic nitrogens is 4. The summed E-state index contributed by atoms with van der Waals surface area (Å²) in [4.78, 5) is 75.6. The van der Waals surface area contributed by atoms with Crippen LogP contribution < -0.4 is 41.9 Å². The molecule has 9 aromatic rings. The van der Waals surface area contributed by atoms with Gasteiger partial charge in [0, 0.05) is 43.9 Å². The number of amides is 1. The van der Waals surface area contributed by atoms with Gasteiger partial charge in [0.15, 0.2) is 28.9 Å². The number of aromatic hydroxyl groups is 4. The van der Waals surface area contributed by atoms with E-state index in [2.05, 4.69) is 54.2 Å². The molecule has 9 heterocycles. The van der Waals surface area contributed by atoms with Gasteiger partial charge in [-0.3, -0.25) is 19.2 Å². The number of fused-ring (bicyclic) bond motifs is 4. The van der Waals surface area contributed by atoms with Gasteiger partial charge in [-0.25, -0.2) is 19.0 Å². The standard InChI is InChI=1S/C21H20N4O5S2.C20H18N4O5S2.C18H26N2O4S.C12H14N2O5S.C11H12N2O5S/c1-30-13-6-7-14-16(11-13)32(28,29)24-20(22-14)17-19(26)18(15-3-2-10-31-15)23-25(21(17)27)9-8-12-4-5-12;25-12-5-6-13-15(10-12)31(28,29)23-19(21-13)16-18(26)17(14-2-1-9-30-14)22-24(20(16)27)8-7-11-3-4-11;1-5-23-16(21)15(14-7-6-12-25-14)19-20(11-10-13-8-9-13)17(22)24-18(2,3)4;1-3-19-12(15)7-11-13-9-5-4-8(18-2)6-10(9)20(16,17)14-11;1-2-18-11(15)6-10-12-8-4-3-7(14)5-9(8)19(16,17)13-10/h2-3,6-7,10-12,26H,4-5,8-9H2,1H3,(H,22,24);1-2,5-6,9-11,25-26H,3-4,7-8H2,(H,21,23);6-7,12-13H,5,8-11H2,1-4H3;4-6H,3,7H2,1-2H3,(H,13,14);3-5,14H,2,6H2,1H3,(H,12,13)/b;;19-15-;;. The number of carbonyl (C=O) groups is 4. The minimum Gasteiger partial charge on any atom is -0.508 e. The number of carbonyl (C=O) groups excluding carboxylic acids is 4. The first-order chi connectivity index (χ1) is 60.4. The molecule has 0 bridgehead atoms. The number of methoxy groups -OCH3 is 2. The summed E-state index contributed by atoms with van der Waals surface area (Å²) >= 11 is 4.08. The van der Waals surface area contributed by atoms with Crippen molar-refractivity contribution in [2.75, 3.05) is 61.9 Å². The van der Waals surface area contributed by atoms with Gasteiger partial charge in [-0.05, 0) is 161 Å². The molecule has 0 atom stereocenters. The Morgan fingerprint density at radius 3 is 1.27 bits per heavy atom. The summed E-state index contributed by atoms with van der Waals surface area (Å²) in [5.41, 5.74) is -0.742. The van der Waals surface area contributed by atoms with Gasteiger partial charge in [0.1, 0.15) is 95.2 Å². The van der Waals surface area contributed by atoms with E-state index >= 15 is 0 Å². The number of hydrazone groups is 1. The fourth-order valence-electron chi connectivity index (χ4n) is 12.6. The molecule has 0 spiro atoms. The van der Waals surface area contributed by atoms with Crippen molar-refractivity contribution < 1.29 is 102 Å². The van der Waals surface area contributed by atoms with Crippen LogP contribution >= 0.6 is 34.0 Å². The molecule has 0 unspecified atom stereocenters. The summed E-state index contributed by atoms with van der Waals surface area (Å²) in [7, 11) is -13.2. The quantitative estimate of drug-likeness (QED) is 0.00866. The third-order valence-electron chi connectivity index (χ3n) is 19.2. The average Bonchev–Trinajstić information content (AvgIpc) is 1.75. The molecule has 3 aliphatic carbocycles. The van der Waals surface area contributed by atoms with Crippen molar-refractivity contribution in [1.29, 1.82) is 0 Å². The highest BCUT2D eigenvalue weighted by molar-refractivity contribution is 7.91. The zero-order chi connectivity index (χ0) is 91.5. The van der Waals surface area contributed by atoms with E-state index < -0.39 is 92.3 Å². The molecule has 4 aliphatic heterocycles. The normalized spacial score (nSPS) is 16.1. The van der Waals surface area contributed by atoms with Crippen molar-refractivity contribution in [2.45, 2.75) is 150 Å². The van der Waals surface area contributed by atoms with Crippen LogP contribution in [0.1, 0.15) is 128 Å². The molecule has 45 heteroatoms. The SMILES string of the molecule is CCOC(=O)/C(=N\N(CCC1CC1)C(=O)OC(C)(C)C)c1cccs1.CCOC(=O)CC1=NS(=O)(=O)c2cc(O)ccc2N1.CCOC(=O)CC1=NS(=O)(=O)c2cc(OC)ccc2N1.COc1ccc2c(c1)S(=O)(=O)N=C(c1c(O)c(-c3cccs3)nn(CCC3CC3)c1=O)N2.O=c1c(C2=NS(=O)(=O)c3cc(O)ccc3N2)c(O)c(-c2cccs2)nn1CCC1CC1. The van der Waals surface area contributed by atoms with Gasteiger partial charge in [0.25, 0.3) is 51.2 Å². The molecule has 3 fully saturated rings. The zero-order valence-corrected chi connectivity index (χ0v) is 75.4. The molecule has 3 saturated carbocycles. The summed E-state index contributed by atoms with van der Waals surface area (Å²) in [5, 5.41) is 72.0. The van der Waals surface area contributed by atoms with Gasteiger partial charge in [-0.2, -0.15) is 54.0 Å². The van der Waals surface area contributed by atoms with Crippen LogP contribution in [0.2, 0.25) is 0 Å². The number of phenolic OH excluding ortho intramolecular Hbond substituents is 2. The number of thiophene rings is 3. The highest BCUT2D eigenvalue weighted by Crippen LogP contribution is 2.42. The number of ether oxygens (including phenoxy) is 6. The Kier molecular flexibility index (Phi) is 29.6. The lowest BCUT2D eigenvalue weighted by molar-refractivity contribution is -0.142. The number of amidine groups is 4. The molecule has 4 aromatic carbocycles. The molecule has 127 heavy (non-hydrogen) atoms. The van der Waals surface area contributed by atoms with Gasteiger partial charge < -0.3 is 70.1 Å². The molecule has 5 aromatic heterocycles. The van der Waals surface area contributed by atoms with Crippen molar-refractivity contribution in [3.05, 3.63) is 162 Å². The predicted molar refractivity (Wildman–Crippen MR) is 475 cm³/mol. The summed E-state index contributed by atoms with van der Waals surface area (Å²) in [5.74, 6) is -0.804. The number of hydrogen-bond donors (Lipinski definition) is 8. The van der Waals surface area contributed by atoms with Crippen LogP contribution in [0.25, 0.3) is 21.1 Å². The number of nitrogens with zero attached hydrogens (tertiary/aromatic N) is 10. The minimum absolute atomic E-state index is 0.00311. The van der Waals surface area contributed by atoms with E-state index in [4.69, 9.17) is 28.4 Å². The van der Waals surface area contributed by atoms with Crippen molar-refractivity contribution >= 4 is 150 Å². The molecule has 16 rings (SSSR count). The van der Waals surface area contributed by atoms with Gasteiger partial charge in [-0.1, -0.05) is 56.7 Å². The first-order valence-electron chi connectivity index (χ1n) is 39.7. The molecular weight excluding hydrogens is 1790 g/mol. The smallest absolute Gasteiger partial charge is 0.430 e. The number of hydrogen-bond acceptors (Lipinski definition) is 34. The largest absolute Gasteiger partial charge is 0.508 e. The van der Waals surface area contributed by atoms with E-state index in [0.29, 0.717) is 69.2 Å². The Balaban J connectivity index is 0.000000146. The topological polar surface area (TPSA) is 524 Å². The zero-order valence-electron chi connectivity index (χ0n) is 69.7. The Morgan fingerprint density at radius 1 is 0.504 bits per heavy atom. The van der Waals surface area contributed by atoms with Crippen LogP contribution in [0.5, 0.6) is 34.5 Å². The Hall–Kier alpha value is -12.4. The van der Waals surface area contributed by atoms with Crippen molar-refractivity contribution in [3.8, 4) is 55.6 Å². The minimum atomic E-state index is -4.20. The van der Waals surface area contributed by atoms with Crippen LogP contribution in [0, 0.1) is 17.8 Å². The van der Waals surface area contributed by atoms with Crippen molar-refractivity contribution in [2.24, 2.45) is 40.4 Å². The predicted octanol–water partition coefficient (Wildman–Crippen LogP) is 11.9. The van der Waals surface area contributed by atoms with Gasteiger partial charge in [-0.15, -0.1) is 51.6 Å². The van der Waals surface area contributed by atoms with E-state index in [1.54, 1.807) is 84.0 Å². The lowest BCUT2D eigenvalue weighted by Crippen LogP contribution is -2.36. The molecule has 38 nitrogen and oxygen atoms in total. The maximum Gasteiger partial charge on any atom is 0.430 e. The summed E-state index contributed by atoms with van der Waals surface area (Å²) < 4.78 is 146. The molecule has 1 amide bonds. The molecule has 8 N–H and O–H groups in total. The highest BCUT2D eigenvalue weighted by Gasteiger charge is 2.37. The Labute approximate surface area is 741 Å². The molecule has 7 aliphatic rings. The summed E-state index contributed by atoms with van der Waals surface area (Å²) in [6.45, 7) is 12.3. The highest BCUT2D eigenvalue weighted by atomic mass is 32.2. The fraction of sp³-hybridized carbons (Fsp3) is 0.354. The van der Waals surface area contributed by atoms with Gasteiger partial charge >= 0.3 is 24.0 Å². The number of benzene rings is 4. The van der Waals surface area contributed by atoms with Crippen molar-refractivity contribution in [3.63, 3.8) is 0 Å². The van der Waals surface area contributed by atoms with Crippen LogP contribution in [-0.4, -0.2) is 178 Å². The van der Waals surface area contributed by atoms with Gasteiger partial charge in [0.2, 0.25) is 0 Å². The maximum atomic E-state index is 13.3. The second-order valence-corrected chi connectivity index (χ2v) is 39.1. The Bertz CT molecular complexity index is 6440. The van der Waals surface area contributed by atoms with E-state index in [0.717, 1.165) is 57.1 Å². The van der Waals surface area contributed by atoms with Crippen LogP contribution in [0.4, 0.5) is 27.5 Å². The van der Waals surface area contributed by atoms with E-state index in [1.165, 1.54) is 118 Å². The lowest BCUT2D eigenvalue weighted by Gasteiger charge is -2.24. The molecule has 0 radical (unpaired) electrons. The first kappa shape index (κ1) is 93.7. The third kappa shape index (κ3) is 24.0. The fourth-order valence-corrected chi connectivity index (χ4v) is 19.3. The number of sulfonamides is 4. The number of aryl methyl sites for hydroxylation is 2. The number of nitrogens with one attached hydrogen (secondary N) is 4. The number of esters is 3. The average molecular weight is 1880 g/mol. The molecule has 0 saturated heterocycles. The number of anilines is 4. The number of phenols is 2. The first-order valence-corrected chi connectivity index (χ1v) is 48.1. The van der Waals surface area contributed by atoms with Crippen LogP contribution in [0.15, 0.2) is 177 Å². The van der Waals surface area contributed by atoms with Gasteiger partial charge in [0.05, 0.1) is 71.4 Å². The molecular formula is C82H90N14O24S7. The van der Waals surface area contributed by atoms with Crippen LogP contribution in [0.3, 0.4) is 0 Å². The number of rotatable bonds is 25. The summed E-state index contributed by atoms with van der Waals surface area (Å²) in [6, 6.07) is 27.4. The summed E-state index contributed by atoms with van der Waals surface area (Å²) in [6.07, 6.45) is 8.25. The maximum absolute atomic E-state index is 13.3. The van der Waals surface area contributed by atoms with E-state index in [-0.39, 0.29) is 132 Å². The second kappa shape index (κ2) is 40.0. The van der Waals surface area contributed by atoms with E-state index in [9.17, 15) is 82.9 Å².